The van der Waals surface area contributed by atoms with Gasteiger partial charge in [0.25, 0.3) is 0 Å². The van der Waals surface area contributed by atoms with Crippen LogP contribution in [0.4, 0.5) is 0 Å². The molecule has 1 heterocycles. The van der Waals surface area contributed by atoms with Gasteiger partial charge in [0.05, 0.1) is 33.4 Å². The van der Waals surface area contributed by atoms with E-state index in [1.165, 1.54) is 25.9 Å². The van der Waals surface area contributed by atoms with Crippen LogP contribution in [0.1, 0.15) is 12.8 Å². The molecule has 2 rings (SSSR count). The Morgan fingerprint density at radius 1 is 1.00 bits per heavy atom. The second kappa shape index (κ2) is 8.02. The molecule has 4 heteroatoms. The normalized spacial score (nSPS) is 15.6. The Balaban J connectivity index is 1.56. The standard InChI is InChI=1S/C15H23NO3/c1-17-14-6-2-3-7-15(14)19-13-12-18-11-10-16-8-4-5-9-16/h2-3,6-7H,4-5,8-13H2,1H3/p+1. The highest BCUT2D eigenvalue weighted by Gasteiger charge is 2.14. The molecule has 0 unspecified atom stereocenters. The lowest BCUT2D eigenvalue weighted by molar-refractivity contribution is -0.887. The van der Waals surface area contributed by atoms with Gasteiger partial charge in [0.1, 0.15) is 13.2 Å². The maximum Gasteiger partial charge on any atom is 0.161 e. The number of quaternary nitrogens is 1. The fourth-order valence-electron chi connectivity index (χ4n) is 2.39. The van der Waals surface area contributed by atoms with Gasteiger partial charge in [0.2, 0.25) is 0 Å². The molecule has 1 aromatic carbocycles. The Kier molecular flexibility index (Phi) is 5.98. The molecular weight excluding hydrogens is 242 g/mol. The van der Waals surface area contributed by atoms with Gasteiger partial charge in [-0.05, 0) is 12.1 Å². The van der Waals surface area contributed by atoms with E-state index in [-0.39, 0.29) is 0 Å². The summed E-state index contributed by atoms with van der Waals surface area (Å²) in [5, 5.41) is 0. The van der Waals surface area contributed by atoms with Crippen LogP contribution >= 0.6 is 0 Å². The molecule has 1 aromatic rings. The summed E-state index contributed by atoms with van der Waals surface area (Å²) in [5.41, 5.74) is 0. The lowest BCUT2D eigenvalue weighted by Gasteiger charge is -2.13. The molecule has 0 aliphatic carbocycles. The SMILES string of the molecule is COc1ccccc1OCCOCC[NH+]1CCCC1. The number of hydrogen-bond acceptors (Lipinski definition) is 3. The summed E-state index contributed by atoms with van der Waals surface area (Å²) >= 11 is 0. The second-order valence-electron chi connectivity index (χ2n) is 4.82. The van der Waals surface area contributed by atoms with E-state index in [1.54, 1.807) is 12.0 Å². The van der Waals surface area contributed by atoms with Crippen molar-refractivity contribution in [1.29, 1.82) is 0 Å². The van der Waals surface area contributed by atoms with E-state index >= 15 is 0 Å². The smallest absolute Gasteiger partial charge is 0.161 e. The minimum atomic E-state index is 0.565. The molecule has 0 aromatic heterocycles. The summed E-state index contributed by atoms with van der Waals surface area (Å²) in [6.07, 6.45) is 2.73. The van der Waals surface area contributed by atoms with E-state index in [1.807, 2.05) is 24.3 Å². The van der Waals surface area contributed by atoms with Crippen molar-refractivity contribution < 1.29 is 19.1 Å². The van der Waals surface area contributed by atoms with Crippen LogP contribution in [0.25, 0.3) is 0 Å². The van der Waals surface area contributed by atoms with Gasteiger partial charge in [-0.3, -0.25) is 0 Å². The quantitative estimate of drug-likeness (QED) is 0.705. The molecule has 1 aliphatic heterocycles. The summed E-state index contributed by atoms with van der Waals surface area (Å²) in [5.74, 6) is 1.54. The van der Waals surface area contributed by atoms with Crippen molar-refractivity contribution >= 4 is 0 Å². The second-order valence-corrected chi connectivity index (χ2v) is 4.82. The van der Waals surface area contributed by atoms with Crippen LogP contribution in [0.3, 0.4) is 0 Å². The van der Waals surface area contributed by atoms with E-state index < -0.39 is 0 Å². The predicted octanol–water partition coefficient (Wildman–Crippen LogP) is 0.769. The van der Waals surface area contributed by atoms with Crippen molar-refractivity contribution in [2.24, 2.45) is 0 Å². The number of rotatable bonds is 8. The molecular formula is C15H24NO3+. The van der Waals surface area contributed by atoms with Crippen molar-refractivity contribution in [2.75, 3.05) is 46.6 Å². The first-order valence-corrected chi connectivity index (χ1v) is 7.07. The zero-order valence-electron chi connectivity index (χ0n) is 11.7. The molecule has 0 atom stereocenters. The van der Waals surface area contributed by atoms with Crippen LogP contribution in [0.2, 0.25) is 0 Å². The fraction of sp³-hybridized carbons (Fsp3) is 0.600. The molecule has 1 saturated heterocycles. The Labute approximate surface area is 115 Å². The van der Waals surface area contributed by atoms with Gasteiger partial charge in [0, 0.05) is 12.8 Å². The van der Waals surface area contributed by atoms with E-state index in [0.717, 1.165) is 24.7 Å². The summed E-state index contributed by atoms with van der Waals surface area (Å²) in [6.45, 7) is 5.75. The molecule has 19 heavy (non-hydrogen) atoms. The number of hydrogen-bond donors (Lipinski definition) is 1. The molecule has 1 fully saturated rings. The van der Waals surface area contributed by atoms with E-state index in [4.69, 9.17) is 14.2 Å². The number of likely N-dealkylation sites (tertiary alicyclic amines) is 1. The van der Waals surface area contributed by atoms with Gasteiger partial charge in [-0.15, -0.1) is 0 Å². The molecule has 0 bridgehead atoms. The third-order valence-electron chi connectivity index (χ3n) is 3.46. The first-order chi connectivity index (χ1) is 9.40. The Morgan fingerprint density at radius 2 is 1.74 bits per heavy atom. The van der Waals surface area contributed by atoms with Crippen molar-refractivity contribution in [3.8, 4) is 11.5 Å². The Morgan fingerprint density at radius 3 is 2.47 bits per heavy atom. The average molecular weight is 266 g/mol. The van der Waals surface area contributed by atoms with Crippen molar-refractivity contribution in [3.63, 3.8) is 0 Å². The van der Waals surface area contributed by atoms with E-state index in [0.29, 0.717) is 13.2 Å². The molecule has 0 amide bonds. The first-order valence-electron chi connectivity index (χ1n) is 7.07. The highest BCUT2D eigenvalue weighted by molar-refractivity contribution is 5.39. The first kappa shape index (κ1) is 14.2. The van der Waals surface area contributed by atoms with Gasteiger partial charge >= 0.3 is 0 Å². The topological polar surface area (TPSA) is 32.1 Å². The number of nitrogens with one attached hydrogen (secondary N) is 1. The maximum atomic E-state index is 5.64. The molecule has 0 radical (unpaired) electrons. The van der Waals surface area contributed by atoms with Gasteiger partial charge in [-0.2, -0.15) is 0 Å². The summed E-state index contributed by atoms with van der Waals surface area (Å²) in [7, 11) is 1.65. The molecule has 1 aliphatic rings. The van der Waals surface area contributed by atoms with Crippen molar-refractivity contribution in [2.45, 2.75) is 12.8 Å². The Hall–Kier alpha value is -1.26. The zero-order valence-corrected chi connectivity index (χ0v) is 11.7. The molecule has 4 nitrogen and oxygen atoms in total. The summed E-state index contributed by atoms with van der Waals surface area (Å²) in [4.78, 5) is 1.67. The van der Waals surface area contributed by atoms with Crippen LogP contribution in [0, 0.1) is 0 Å². The monoisotopic (exact) mass is 266 g/mol. The maximum absolute atomic E-state index is 5.64. The average Bonchev–Trinajstić information content (AvgIpc) is 2.96. The van der Waals surface area contributed by atoms with Gasteiger partial charge in [-0.1, -0.05) is 12.1 Å². The van der Waals surface area contributed by atoms with Crippen LogP contribution in [-0.4, -0.2) is 46.6 Å². The summed E-state index contributed by atoms with van der Waals surface area (Å²) in [6, 6.07) is 7.68. The molecule has 0 spiro atoms. The van der Waals surface area contributed by atoms with Crippen LogP contribution in [0.5, 0.6) is 11.5 Å². The van der Waals surface area contributed by atoms with Gasteiger partial charge < -0.3 is 19.1 Å². The third kappa shape index (κ3) is 4.73. The largest absolute Gasteiger partial charge is 0.493 e. The highest BCUT2D eigenvalue weighted by Crippen LogP contribution is 2.25. The third-order valence-corrected chi connectivity index (χ3v) is 3.46. The molecule has 0 saturated carbocycles. The Bertz CT molecular complexity index is 364. The minimum Gasteiger partial charge on any atom is -0.493 e. The number of ether oxygens (including phenoxy) is 3. The summed E-state index contributed by atoms with van der Waals surface area (Å²) < 4.78 is 16.5. The zero-order chi connectivity index (χ0) is 13.3. The lowest BCUT2D eigenvalue weighted by Crippen LogP contribution is -3.10. The van der Waals surface area contributed by atoms with Crippen molar-refractivity contribution in [1.82, 2.24) is 0 Å². The van der Waals surface area contributed by atoms with Crippen LogP contribution < -0.4 is 14.4 Å². The van der Waals surface area contributed by atoms with Gasteiger partial charge in [0.15, 0.2) is 11.5 Å². The minimum absolute atomic E-state index is 0.565. The fourth-order valence-corrected chi connectivity index (χ4v) is 2.39. The lowest BCUT2D eigenvalue weighted by atomic mass is 10.3. The molecule has 1 N–H and O–H groups in total. The number of methoxy groups -OCH3 is 1. The highest BCUT2D eigenvalue weighted by atomic mass is 16.5. The van der Waals surface area contributed by atoms with Gasteiger partial charge in [-0.25, -0.2) is 0 Å². The van der Waals surface area contributed by atoms with Crippen LogP contribution in [-0.2, 0) is 4.74 Å². The number of benzene rings is 1. The van der Waals surface area contributed by atoms with Crippen LogP contribution in [0.15, 0.2) is 24.3 Å². The van der Waals surface area contributed by atoms with Crippen molar-refractivity contribution in [3.05, 3.63) is 24.3 Å². The predicted molar refractivity (Wildman–Crippen MR) is 74.1 cm³/mol. The van der Waals surface area contributed by atoms with E-state index in [9.17, 15) is 0 Å². The van der Waals surface area contributed by atoms with E-state index in [2.05, 4.69) is 0 Å². The number of para-hydroxylation sites is 2. The molecule has 106 valence electrons.